The van der Waals surface area contributed by atoms with Crippen LogP contribution in [0.15, 0.2) is 6.08 Å². The summed E-state index contributed by atoms with van der Waals surface area (Å²) in [5.41, 5.74) is 0. The predicted octanol–water partition coefficient (Wildman–Crippen LogP) is 7.87. The largest absolute Gasteiger partial charge is 0.0845 e. The van der Waals surface area contributed by atoms with Crippen molar-refractivity contribution in [2.24, 2.45) is 5.92 Å². The van der Waals surface area contributed by atoms with Crippen LogP contribution in [0.5, 0.6) is 0 Å². The highest BCUT2D eigenvalue weighted by Crippen LogP contribution is 2.14. The maximum absolute atomic E-state index is 5.37. The van der Waals surface area contributed by atoms with E-state index in [1.807, 2.05) is 0 Å². The molecule has 0 nitrogen and oxygen atoms in total. The summed E-state index contributed by atoms with van der Waals surface area (Å²) in [5, 5.41) is 0. The van der Waals surface area contributed by atoms with Crippen LogP contribution < -0.4 is 0 Å². The maximum Gasteiger partial charge on any atom is -0.0348 e. The van der Waals surface area contributed by atoms with Gasteiger partial charge >= 0.3 is 0 Å². The molecule has 0 aromatic heterocycles. The highest BCUT2D eigenvalue weighted by Gasteiger charge is 1.96. The average molecular weight is 294 g/mol. The second-order valence-electron chi connectivity index (χ2n) is 7.16. The number of hydrogen-bond acceptors (Lipinski definition) is 0. The molecule has 0 N–H and O–H groups in total. The van der Waals surface area contributed by atoms with Gasteiger partial charge in [0.1, 0.15) is 0 Å². The van der Waals surface area contributed by atoms with Gasteiger partial charge in [-0.1, -0.05) is 116 Å². The summed E-state index contributed by atoms with van der Waals surface area (Å²) in [6, 6.07) is 0. The summed E-state index contributed by atoms with van der Waals surface area (Å²) in [7, 11) is 0. The number of unbranched alkanes of at least 4 members (excludes halogenated alkanes) is 14. The second kappa shape index (κ2) is 17.8. The molecule has 0 aromatic carbocycles. The molecule has 1 radical (unpaired) electrons. The highest BCUT2D eigenvalue weighted by molar-refractivity contribution is 4.61. The number of allylic oxidation sites excluding steroid dienone is 1. The van der Waals surface area contributed by atoms with E-state index in [4.69, 9.17) is 6.58 Å². The molecule has 21 heavy (non-hydrogen) atoms. The molecule has 0 aliphatic carbocycles. The Balaban J connectivity index is 2.95. The Morgan fingerprint density at radius 1 is 0.571 bits per heavy atom. The molecule has 0 unspecified atom stereocenters. The summed E-state index contributed by atoms with van der Waals surface area (Å²) < 4.78 is 0. The van der Waals surface area contributed by atoms with Crippen LogP contribution in [0.4, 0.5) is 0 Å². The van der Waals surface area contributed by atoms with Gasteiger partial charge < -0.3 is 0 Å². The van der Waals surface area contributed by atoms with Crippen LogP contribution in [0, 0.1) is 12.5 Å². The van der Waals surface area contributed by atoms with E-state index < -0.39 is 0 Å². The van der Waals surface area contributed by atoms with E-state index in [0.717, 1.165) is 12.3 Å². The van der Waals surface area contributed by atoms with Gasteiger partial charge in [0.05, 0.1) is 0 Å². The Morgan fingerprint density at radius 3 is 1.24 bits per heavy atom. The second-order valence-corrected chi connectivity index (χ2v) is 7.16. The molecule has 0 aliphatic heterocycles. The molecule has 0 heterocycles. The fourth-order valence-corrected chi connectivity index (χ4v) is 2.94. The fraction of sp³-hybridized carbons (Fsp3) is 0.905. The smallest absolute Gasteiger partial charge is 0.0348 e. The molecule has 0 fully saturated rings. The first-order valence-electron chi connectivity index (χ1n) is 9.80. The van der Waals surface area contributed by atoms with Crippen molar-refractivity contribution in [1.29, 1.82) is 0 Å². The zero-order valence-electron chi connectivity index (χ0n) is 15.0. The molecular weight excluding hydrogens is 252 g/mol. The SMILES string of the molecule is [CH]=CCCCCCCCCCCCCCCCCC(C)C. The quantitative estimate of drug-likeness (QED) is 0.239. The van der Waals surface area contributed by atoms with Gasteiger partial charge in [-0.15, -0.1) is 0 Å². The molecule has 0 heteroatoms. The monoisotopic (exact) mass is 293 g/mol. The third kappa shape index (κ3) is 19.7. The Bertz CT molecular complexity index is 192. The first-order chi connectivity index (χ1) is 10.3. The molecular formula is C21H41. The van der Waals surface area contributed by atoms with Gasteiger partial charge in [-0.2, -0.15) is 0 Å². The minimum atomic E-state index is 0.893. The zero-order chi connectivity index (χ0) is 15.6. The molecule has 125 valence electrons. The third-order valence-corrected chi connectivity index (χ3v) is 4.40. The van der Waals surface area contributed by atoms with Gasteiger partial charge in [0.15, 0.2) is 0 Å². The Labute approximate surface area is 135 Å². The van der Waals surface area contributed by atoms with Crippen LogP contribution in [0.1, 0.15) is 117 Å². The van der Waals surface area contributed by atoms with Crippen molar-refractivity contribution in [2.75, 3.05) is 0 Å². The lowest BCUT2D eigenvalue weighted by molar-refractivity contribution is 0.502. The van der Waals surface area contributed by atoms with E-state index in [0.29, 0.717) is 0 Å². The van der Waals surface area contributed by atoms with Gasteiger partial charge in [0.2, 0.25) is 0 Å². The Morgan fingerprint density at radius 2 is 0.905 bits per heavy atom. The lowest BCUT2D eigenvalue weighted by Crippen LogP contribution is -1.87. The number of rotatable bonds is 17. The topological polar surface area (TPSA) is 0 Å². The Kier molecular flexibility index (Phi) is 17.6. The van der Waals surface area contributed by atoms with E-state index in [2.05, 4.69) is 13.8 Å². The van der Waals surface area contributed by atoms with Crippen LogP contribution in [-0.2, 0) is 0 Å². The molecule has 0 amide bonds. The van der Waals surface area contributed by atoms with Crippen molar-refractivity contribution >= 4 is 0 Å². The van der Waals surface area contributed by atoms with Crippen molar-refractivity contribution in [3.8, 4) is 0 Å². The van der Waals surface area contributed by atoms with E-state index in [1.54, 1.807) is 6.08 Å². The van der Waals surface area contributed by atoms with Crippen molar-refractivity contribution in [3.63, 3.8) is 0 Å². The van der Waals surface area contributed by atoms with Crippen LogP contribution in [0.25, 0.3) is 0 Å². The lowest BCUT2D eigenvalue weighted by atomic mass is 10.0. The van der Waals surface area contributed by atoms with Crippen LogP contribution >= 0.6 is 0 Å². The molecule has 0 saturated carbocycles. The summed E-state index contributed by atoms with van der Waals surface area (Å²) in [4.78, 5) is 0. The van der Waals surface area contributed by atoms with E-state index in [9.17, 15) is 0 Å². The molecule has 0 aliphatic rings. The van der Waals surface area contributed by atoms with Crippen LogP contribution in [0.2, 0.25) is 0 Å². The van der Waals surface area contributed by atoms with Crippen molar-refractivity contribution in [2.45, 2.75) is 117 Å². The van der Waals surface area contributed by atoms with Crippen molar-refractivity contribution < 1.29 is 0 Å². The fourth-order valence-electron chi connectivity index (χ4n) is 2.94. The number of hydrogen-bond donors (Lipinski definition) is 0. The molecule has 0 aromatic rings. The summed E-state index contributed by atoms with van der Waals surface area (Å²) in [5.74, 6) is 0.893. The van der Waals surface area contributed by atoms with Crippen LogP contribution in [-0.4, -0.2) is 0 Å². The standard InChI is InChI=1S/C21H41/c1-4-5-6-7-8-9-10-11-12-13-14-15-16-17-18-19-20-21(2)3/h1,4,21H,5-20H2,2-3H3. The van der Waals surface area contributed by atoms with E-state index in [1.165, 1.54) is 96.3 Å². The normalized spacial score (nSPS) is 11.2. The first kappa shape index (κ1) is 20.7. The molecule has 0 rings (SSSR count). The molecule has 0 spiro atoms. The van der Waals surface area contributed by atoms with Gasteiger partial charge in [-0.05, 0) is 18.8 Å². The third-order valence-electron chi connectivity index (χ3n) is 4.40. The highest BCUT2D eigenvalue weighted by atomic mass is 14.0. The van der Waals surface area contributed by atoms with E-state index in [-0.39, 0.29) is 0 Å². The summed E-state index contributed by atoms with van der Waals surface area (Å²) >= 11 is 0. The summed E-state index contributed by atoms with van der Waals surface area (Å²) in [6.45, 7) is 10.0. The predicted molar refractivity (Wildman–Crippen MR) is 97.6 cm³/mol. The van der Waals surface area contributed by atoms with Crippen molar-refractivity contribution in [3.05, 3.63) is 12.7 Å². The van der Waals surface area contributed by atoms with Gasteiger partial charge in [0.25, 0.3) is 0 Å². The van der Waals surface area contributed by atoms with Gasteiger partial charge in [0, 0.05) is 0 Å². The molecule has 0 bridgehead atoms. The van der Waals surface area contributed by atoms with E-state index >= 15 is 0 Å². The minimum absolute atomic E-state index is 0.893. The molecule has 0 atom stereocenters. The average Bonchev–Trinajstić information content (AvgIpc) is 2.46. The Hall–Kier alpha value is -0.260. The molecule has 0 saturated heterocycles. The first-order valence-corrected chi connectivity index (χ1v) is 9.80. The zero-order valence-corrected chi connectivity index (χ0v) is 15.0. The van der Waals surface area contributed by atoms with Crippen LogP contribution in [0.3, 0.4) is 0 Å². The maximum atomic E-state index is 5.37. The summed E-state index contributed by atoms with van der Waals surface area (Å²) in [6.07, 6.45) is 24.4. The van der Waals surface area contributed by atoms with Gasteiger partial charge in [-0.25, -0.2) is 0 Å². The minimum Gasteiger partial charge on any atom is -0.0845 e. The lowest BCUT2D eigenvalue weighted by Gasteiger charge is -2.05. The van der Waals surface area contributed by atoms with Gasteiger partial charge in [-0.3, -0.25) is 0 Å². The van der Waals surface area contributed by atoms with Crippen molar-refractivity contribution in [1.82, 2.24) is 0 Å².